The Labute approximate surface area is 156 Å². The molecule has 2 heterocycles. The van der Waals surface area contributed by atoms with E-state index < -0.39 is 23.5 Å². The van der Waals surface area contributed by atoms with Crippen LogP contribution in [0.4, 0.5) is 5.82 Å². The van der Waals surface area contributed by atoms with Crippen molar-refractivity contribution in [1.29, 1.82) is 0 Å². The Morgan fingerprint density at radius 1 is 1.15 bits per heavy atom. The van der Waals surface area contributed by atoms with E-state index in [0.717, 1.165) is 18.4 Å². The second-order valence-electron chi connectivity index (χ2n) is 7.03. The van der Waals surface area contributed by atoms with Gasteiger partial charge in [0.2, 0.25) is 11.7 Å². The van der Waals surface area contributed by atoms with Gasteiger partial charge in [-0.3, -0.25) is 24.3 Å². The Morgan fingerprint density at radius 3 is 2.59 bits per heavy atom. The number of Topliss-reactive ketones (excluding diaryl/α,β-unsaturated/α-hetero) is 1. The van der Waals surface area contributed by atoms with Gasteiger partial charge < -0.3 is 5.32 Å². The highest BCUT2D eigenvalue weighted by Gasteiger charge is 2.47. The zero-order chi connectivity index (χ0) is 18.8. The van der Waals surface area contributed by atoms with Gasteiger partial charge in [-0.2, -0.15) is 0 Å². The van der Waals surface area contributed by atoms with Gasteiger partial charge in [-0.15, -0.1) is 0 Å². The number of carbonyl (C=O) groups excluding carboxylic acids is 3. The molecule has 2 aliphatic rings. The summed E-state index contributed by atoms with van der Waals surface area (Å²) < 4.78 is 0. The molecule has 0 unspecified atom stereocenters. The van der Waals surface area contributed by atoms with Gasteiger partial charge in [0.15, 0.2) is 5.82 Å². The number of aromatic nitrogens is 2. The topological polar surface area (TPSA) is 92.3 Å². The molecule has 1 aromatic heterocycles. The molecule has 1 saturated carbocycles. The van der Waals surface area contributed by atoms with Crippen molar-refractivity contribution in [3.63, 3.8) is 0 Å². The summed E-state index contributed by atoms with van der Waals surface area (Å²) >= 11 is 0. The van der Waals surface area contributed by atoms with Crippen LogP contribution in [-0.2, 0) is 20.8 Å². The van der Waals surface area contributed by atoms with E-state index in [4.69, 9.17) is 0 Å². The van der Waals surface area contributed by atoms with E-state index in [0.29, 0.717) is 12.2 Å². The van der Waals surface area contributed by atoms with Gasteiger partial charge in [-0.25, -0.2) is 4.98 Å². The maximum atomic E-state index is 13.1. The Balaban J connectivity index is 1.59. The van der Waals surface area contributed by atoms with Crippen molar-refractivity contribution < 1.29 is 14.4 Å². The number of carbonyl (C=O) groups is 3. The third-order valence-electron chi connectivity index (χ3n) is 5.05. The summed E-state index contributed by atoms with van der Waals surface area (Å²) in [6.07, 6.45) is 6.74. The second-order valence-corrected chi connectivity index (χ2v) is 7.03. The van der Waals surface area contributed by atoms with E-state index >= 15 is 0 Å². The van der Waals surface area contributed by atoms with E-state index in [9.17, 15) is 14.4 Å². The van der Waals surface area contributed by atoms with Crippen LogP contribution in [0, 0.1) is 11.8 Å². The molecule has 1 aromatic carbocycles. The van der Waals surface area contributed by atoms with Crippen LogP contribution >= 0.6 is 0 Å². The average Bonchev–Trinajstić information content (AvgIpc) is 3.46. The molecule has 1 aliphatic carbocycles. The number of benzene rings is 1. The van der Waals surface area contributed by atoms with Crippen LogP contribution < -0.4 is 10.2 Å². The van der Waals surface area contributed by atoms with Crippen molar-refractivity contribution >= 4 is 23.4 Å². The lowest BCUT2D eigenvalue weighted by Gasteiger charge is -2.15. The van der Waals surface area contributed by atoms with Crippen molar-refractivity contribution in [1.82, 2.24) is 15.3 Å². The fourth-order valence-electron chi connectivity index (χ4n) is 3.44. The zero-order valence-corrected chi connectivity index (χ0v) is 14.7. The van der Waals surface area contributed by atoms with E-state index in [2.05, 4.69) is 15.3 Å². The molecule has 2 atom stereocenters. The number of amides is 2. The Bertz CT molecular complexity index is 852. The number of nitrogens with zero attached hydrogens (tertiary/aromatic N) is 3. The first-order valence-electron chi connectivity index (χ1n) is 9.09. The summed E-state index contributed by atoms with van der Waals surface area (Å²) in [5, 5.41) is 2.74. The lowest BCUT2D eigenvalue weighted by molar-refractivity contribution is -0.141. The fraction of sp³-hybridized carbons (Fsp3) is 0.350. The monoisotopic (exact) mass is 364 g/mol. The predicted molar refractivity (Wildman–Crippen MR) is 97.7 cm³/mol. The maximum Gasteiger partial charge on any atom is 0.287 e. The molecule has 7 nitrogen and oxygen atoms in total. The predicted octanol–water partition coefficient (Wildman–Crippen LogP) is 1.15. The van der Waals surface area contributed by atoms with Gasteiger partial charge >= 0.3 is 0 Å². The molecule has 1 aliphatic heterocycles. The molecule has 7 heteroatoms. The highest BCUT2D eigenvalue weighted by molar-refractivity contribution is 6.38. The lowest BCUT2D eigenvalue weighted by Crippen LogP contribution is -2.39. The third-order valence-corrected chi connectivity index (χ3v) is 5.05. The smallest absolute Gasteiger partial charge is 0.287 e. The molecule has 1 N–H and O–H groups in total. The normalized spacial score (nSPS) is 21.9. The van der Waals surface area contributed by atoms with Gasteiger partial charge in [-0.05, 0) is 24.8 Å². The van der Waals surface area contributed by atoms with Crippen LogP contribution in [0.1, 0.15) is 18.4 Å². The molecule has 2 aromatic rings. The summed E-state index contributed by atoms with van der Waals surface area (Å²) in [7, 11) is 0. The molecule has 0 bridgehead atoms. The van der Waals surface area contributed by atoms with Crippen molar-refractivity contribution in [2.24, 2.45) is 11.8 Å². The van der Waals surface area contributed by atoms with Crippen LogP contribution in [0.5, 0.6) is 0 Å². The van der Waals surface area contributed by atoms with E-state index in [-0.39, 0.29) is 18.5 Å². The Morgan fingerprint density at radius 2 is 1.93 bits per heavy atom. The summed E-state index contributed by atoms with van der Waals surface area (Å²) in [5.41, 5.74) is 0.956. The average molecular weight is 364 g/mol. The van der Waals surface area contributed by atoms with Crippen LogP contribution in [-0.4, -0.2) is 40.2 Å². The second kappa shape index (κ2) is 7.26. The Kier molecular flexibility index (Phi) is 4.66. The molecule has 2 amide bonds. The number of hydrogen-bond donors (Lipinski definition) is 1. The number of hydrogen-bond acceptors (Lipinski definition) is 5. The SMILES string of the molecule is O=C(NC1CC1)C(=O)[C@H]1CN(c2cnccn2)C(=O)[C@@H]1Cc1ccccc1. The lowest BCUT2D eigenvalue weighted by atomic mass is 9.86. The minimum Gasteiger partial charge on any atom is -0.347 e. The minimum absolute atomic E-state index is 0.0993. The molecule has 1 saturated heterocycles. The van der Waals surface area contributed by atoms with Crippen molar-refractivity contribution in [3.8, 4) is 0 Å². The first-order chi connectivity index (χ1) is 13.1. The molecule has 4 rings (SSSR count). The maximum absolute atomic E-state index is 13.1. The molecule has 138 valence electrons. The van der Waals surface area contributed by atoms with Crippen LogP contribution in [0.15, 0.2) is 48.9 Å². The van der Waals surface area contributed by atoms with E-state index in [1.807, 2.05) is 30.3 Å². The summed E-state index contributed by atoms with van der Waals surface area (Å²) in [6.45, 7) is 0.145. The molecule has 2 fully saturated rings. The third kappa shape index (κ3) is 3.72. The Hall–Kier alpha value is -3.09. The first kappa shape index (κ1) is 17.3. The minimum atomic E-state index is -0.696. The van der Waals surface area contributed by atoms with Crippen LogP contribution in [0.25, 0.3) is 0 Å². The first-order valence-corrected chi connectivity index (χ1v) is 9.09. The van der Waals surface area contributed by atoms with Gasteiger partial charge in [0.25, 0.3) is 5.91 Å². The largest absolute Gasteiger partial charge is 0.347 e. The summed E-state index contributed by atoms with van der Waals surface area (Å²) in [6, 6.07) is 9.63. The number of ketones is 1. The summed E-state index contributed by atoms with van der Waals surface area (Å²) in [5.74, 6) is -2.20. The van der Waals surface area contributed by atoms with E-state index in [1.165, 1.54) is 23.5 Å². The molecule has 27 heavy (non-hydrogen) atoms. The summed E-state index contributed by atoms with van der Waals surface area (Å²) in [4.78, 5) is 47.8. The number of rotatable bonds is 6. The van der Waals surface area contributed by atoms with Crippen molar-refractivity contribution in [2.45, 2.75) is 25.3 Å². The van der Waals surface area contributed by atoms with Gasteiger partial charge in [0.1, 0.15) is 0 Å². The number of anilines is 1. The van der Waals surface area contributed by atoms with Crippen molar-refractivity contribution in [3.05, 3.63) is 54.5 Å². The van der Waals surface area contributed by atoms with Gasteiger partial charge in [0, 0.05) is 25.0 Å². The zero-order valence-electron chi connectivity index (χ0n) is 14.7. The molecular weight excluding hydrogens is 344 g/mol. The standard InChI is InChI=1S/C20H20N4O3/c25-18(19(26)23-14-6-7-14)16-12-24(17-11-21-8-9-22-17)20(27)15(16)10-13-4-2-1-3-5-13/h1-5,8-9,11,14-16H,6-7,10,12H2,(H,23,26)/t15-,16+/m1/s1. The van der Waals surface area contributed by atoms with Crippen LogP contribution in [0.2, 0.25) is 0 Å². The highest BCUT2D eigenvalue weighted by atomic mass is 16.2. The quantitative estimate of drug-likeness (QED) is 0.776. The number of nitrogens with one attached hydrogen (secondary N) is 1. The van der Waals surface area contributed by atoms with Crippen molar-refractivity contribution in [2.75, 3.05) is 11.4 Å². The molecular formula is C20H20N4O3. The van der Waals surface area contributed by atoms with Gasteiger partial charge in [-0.1, -0.05) is 30.3 Å². The van der Waals surface area contributed by atoms with Crippen LogP contribution in [0.3, 0.4) is 0 Å². The fourth-order valence-corrected chi connectivity index (χ4v) is 3.44. The van der Waals surface area contributed by atoms with E-state index in [1.54, 1.807) is 0 Å². The molecule has 0 spiro atoms. The molecule has 0 radical (unpaired) electrons. The highest BCUT2D eigenvalue weighted by Crippen LogP contribution is 2.32. The van der Waals surface area contributed by atoms with Gasteiger partial charge in [0.05, 0.1) is 18.0 Å².